The lowest BCUT2D eigenvalue weighted by Crippen LogP contribution is -2.33. The number of hydrogen-bond acceptors (Lipinski definition) is 4. The predicted molar refractivity (Wildman–Crippen MR) is 104 cm³/mol. The first-order valence-corrected chi connectivity index (χ1v) is 8.85. The average molecular weight is 364 g/mol. The Hall–Kier alpha value is -2.69. The summed E-state index contributed by atoms with van der Waals surface area (Å²) in [5.74, 6) is 0.288. The van der Waals surface area contributed by atoms with Crippen molar-refractivity contribution < 1.29 is 5.11 Å². The van der Waals surface area contributed by atoms with Crippen LogP contribution in [0.4, 0.5) is 0 Å². The number of aliphatic imine (C=N–C) groups is 1. The summed E-state index contributed by atoms with van der Waals surface area (Å²) in [6.07, 6.45) is 4.00. The van der Waals surface area contributed by atoms with E-state index in [1.54, 1.807) is 18.5 Å². The molecule has 4 nitrogen and oxygen atoms in total. The van der Waals surface area contributed by atoms with Crippen molar-refractivity contribution in [3.63, 3.8) is 0 Å². The first kappa shape index (κ1) is 16.8. The maximum atomic E-state index is 10.3. The number of nitrogens with one attached hydrogen (secondary N) is 1. The largest absolute Gasteiger partial charge is 0.508 e. The van der Waals surface area contributed by atoms with Crippen LogP contribution in [-0.2, 0) is 0 Å². The Bertz CT molecular complexity index is 926. The summed E-state index contributed by atoms with van der Waals surface area (Å²) in [5.41, 5.74) is 3.92. The number of halogens is 1. The van der Waals surface area contributed by atoms with Crippen LogP contribution in [0, 0.1) is 0 Å². The highest BCUT2D eigenvalue weighted by Gasteiger charge is 2.27. The lowest BCUT2D eigenvalue weighted by molar-refractivity contribution is 0.412. The molecule has 2 unspecified atom stereocenters. The SMILES string of the molecule is Oc1ccccc1C1CC(c2ccc(Cl)cc2)=NC(c2ccncc2)N1. The number of hydrogen-bond donors (Lipinski definition) is 2. The van der Waals surface area contributed by atoms with Gasteiger partial charge in [-0.1, -0.05) is 41.9 Å². The Morgan fingerprint density at radius 1 is 0.962 bits per heavy atom. The molecule has 0 spiro atoms. The van der Waals surface area contributed by atoms with Crippen LogP contribution in [-0.4, -0.2) is 15.8 Å². The van der Waals surface area contributed by atoms with Gasteiger partial charge in [0, 0.05) is 41.2 Å². The molecule has 1 aliphatic heterocycles. The van der Waals surface area contributed by atoms with E-state index in [0.29, 0.717) is 11.4 Å². The number of para-hydroxylation sites is 1. The van der Waals surface area contributed by atoms with Gasteiger partial charge in [0.25, 0.3) is 0 Å². The van der Waals surface area contributed by atoms with E-state index in [1.807, 2.05) is 54.6 Å². The number of benzene rings is 2. The van der Waals surface area contributed by atoms with E-state index in [4.69, 9.17) is 16.6 Å². The predicted octanol–water partition coefficient (Wildman–Crippen LogP) is 4.66. The van der Waals surface area contributed by atoms with Gasteiger partial charge in [0.15, 0.2) is 0 Å². The van der Waals surface area contributed by atoms with Gasteiger partial charge in [0.05, 0.1) is 0 Å². The number of pyridine rings is 1. The molecule has 0 saturated carbocycles. The molecule has 2 N–H and O–H groups in total. The molecule has 0 bridgehead atoms. The molecule has 3 aromatic rings. The van der Waals surface area contributed by atoms with E-state index in [-0.39, 0.29) is 18.0 Å². The molecule has 130 valence electrons. The van der Waals surface area contributed by atoms with E-state index in [0.717, 1.165) is 22.4 Å². The second-order valence-corrected chi connectivity index (χ2v) is 6.68. The van der Waals surface area contributed by atoms with Crippen LogP contribution in [0.3, 0.4) is 0 Å². The van der Waals surface area contributed by atoms with Crippen LogP contribution in [0.15, 0.2) is 78.0 Å². The van der Waals surface area contributed by atoms with Crippen LogP contribution in [0.5, 0.6) is 5.75 Å². The molecular weight excluding hydrogens is 346 g/mol. The van der Waals surface area contributed by atoms with Gasteiger partial charge >= 0.3 is 0 Å². The molecule has 1 aliphatic rings. The molecule has 0 radical (unpaired) electrons. The molecule has 0 fully saturated rings. The lowest BCUT2D eigenvalue weighted by Gasteiger charge is -2.30. The maximum absolute atomic E-state index is 10.3. The number of rotatable bonds is 3. The highest BCUT2D eigenvalue weighted by molar-refractivity contribution is 6.30. The van der Waals surface area contributed by atoms with Crippen molar-refractivity contribution in [2.45, 2.75) is 18.6 Å². The summed E-state index contributed by atoms with van der Waals surface area (Å²) in [5, 5.41) is 14.5. The molecule has 2 heterocycles. The zero-order chi connectivity index (χ0) is 17.9. The van der Waals surface area contributed by atoms with Crippen LogP contribution in [0.2, 0.25) is 5.02 Å². The summed E-state index contributed by atoms with van der Waals surface area (Å²) in [6.45, 7) is 0. The smallest absolute Gasteiger partial charge is 0.126 e. The summed E-state index contributed by atoms with van der Waals surface area (Å²) >= 11 is 6.03. The topological polar surface area (TPSA) is 57.5 Å². The molecule has 2 aromatic carbocycles. The van der Waals surface area contributed by atoms with Gasteiger partial charge in [-0.2, -0.15) is 0 Å². The van der Waals surface area contributed by atoms with Gasteiger partial charge in [-0.15, -0.1) is 0 Å². The second kappa shape index (κ2) is 7.28. The molecule has 5 heteroatoms. The van der Waals surface area contributed by atoms with Gasteiger partial charge < -0.3 is 5.11 Å². The fourth-order valence-electron chi connectivity index (χ4n) is 3.22. The fourth-order valence-corrected chi connectivity index (χ4v) is 3.35. The van der Waals surface area contributed by atoms with Crippen molar-refractivity contribution in [3.8, 4) is 5.75 Å². The number of aromatic hydroxyl groups is 1. The average Bonchev–Trinajstić information content (AvgIpc) is 2.69. The number of aromatic nitrogens is 1. The number of phenols is 1. The van der Waals surface area contributed by atoms with Crippen LogP contribution < -0.4 is 5.32 Å². The van der Waals surface area contributed by atoms with Crippen molar-refractivity contribution in [2.75, 3.05) is 0 Å². The summed E-state index contributed by atoms with van der Waals surface area (Å²) in [7, 11) is 0. The molecule has 0 aliphatic carbocycles. The summed E-state index contributed by atoms with van der Waals surface area (Å²) in [4.78, 5) is 9.00. The minimum atomic E-state index is -0.206. The maximum Gasteiger partial charge on any atom is 0.126 e. The molecule has 26 heavy (non-hydrogen) atoms. The standard InChI is InChI=1S/C21H18ClN3O/c22-16-7-5-14(6-8-16)18-13-19(17-3-1-2-4-20(17)26)25-21(24-18)15-9-11-23-12-10-15/h1-12,19,21,25-26H,13H2. The fraction of sp³-hybridized carbons (Fsp3) is 0.143. The van der Waals surface area contributed by atoms with E-state index in [1.165, 1.54) is 0 Å². The van der Waals surface area contributed by atoms with Gasteiger partial charge in [-0.25, -0.2) is 0 Å². The molecule has 1 aromatic heterocycles. The quantitative estimate of drug-likeness (QED) is 0.711. The van der Waals surface area contributed by atoms with E-state index < -0.39 is 0 Å². The number of nitrogens with zero attached hydrogens (tertiary/aromatic N) is 2. The Balaban J connectivity index is 1.75. The zero-order valence-corrected chi connectivity index (χ0v) is 14.8. The molecule has 0 saturated heterocycles. The van der Waals surface area contributed by atoms with E-state index in [9.17, 15) is 5.11 Å². The van der Waals surface area contributed by atoms with Gasteiger partial charge in [-0.05, 0) is 41.5 Å². The van der Waals surface area contributed by atoms with Crippen molar-refractivity contribution in [3.05, 3.63) is 94.8 Å². The Kier molecular flexibility index (Phi) is 4.69. The first-order chi connectivity index (χ1) is 12.7. The van der Waals surface area contributed by atoms with Crippen molar-refractivity contribution in [1.82, 2.24) is 10.3 Å². The first-order valence-electron chi connectivity index (χ1n) is 8.47. The molecular formula is C21H18ClN3O. The second-order valence-electron chi connectivity index (χ2n) is 6.25. The van der Waals surface area contributed by atoms with Gasteiger partial charge in [0.1, 0.15) is 11.9 Å². The third kappa shape index (κ3) is 3.47. The van der Waals surface area contributed by atoms with Crippen molar-refractivity contribution >= 4 is 17.3 Å². The zero-order valence-electron chi connectivity index (χ0n) is 14.0. The van der Waals surface area contributed by atoms with Crippen LogP contribution >= 0.6 is 11.6 Å². The minimum absolute atomic E-state index is 0.0439. The van der Waals surface area contributed by atoms with Gasteiger partial charge in [0.2, 0.25) is 0 Å². The van der Waals surface area contributed by atoms with Crippen LogP contribution in [0.25, 0.3) is 0 Å². The number of phenolic OH excluding ortho intramolecular Hbond substituents is 1. The van der Waals surface area contributed by atoms with Crippen molar-refractivity contribution in [2.24, 2.45) is 4.99 Å². The molecule has 2 atom stereocenters. The summed E-state index contributed by atoms with van der Waals surface area (Å²) < 4.78 is 0. The molecule has 0 amide bonds. The van der Waals surface area contributed by atoms with Crippen molar-refractivity contribution in [1.29, 1.82) is 0 Å². The lowest BCUT2D eigenvalue weighted by atomic mass is 9.93. The van der Waals surface area contributed by atoms with Gasteiger partial charge in [-0.3, -0.25) is 15.3 Å². The summed E-state index contributed by atoms with van der Waals surface area (Å²) in [6, 6.07) is 19.0. The molecule has 4 rings (SSSR count). The third-order valence-corrected chi connectivity index (χ3v) is 4.80. The Labute approximate surface area is 157 Å². The Morgan fingerprint density at radius 3 is 2.42 bits per heavy atom. The monoisotopic (exact) mass is 363 g/mol. The highest BCUT2D eigenvalue weighted by atomic mass is 35.5. The van der Waals surface area contributed by atoms with E-state index in [2.05, 4.69) is 10.3 Å². The Morgan fingerprint density at radius 2 is 1.69 bits per heavy atom. The van der Waals surface area contributed by atoms with E-state index >= 15 is 0 Å². The minimum Gasteiger partial charge on any atom is -0.508 e. The highest BCUT2D eigenvalue weighted by Crippen LogP contribution is 2.34. The normalized spacial score (nSPS) is 19.8. The third-order valence-electron chi connectivity index (χ3n) is 4.55. The van der Waals surface area contributed by atoms with Crippen LogP contribution in [0.1, 0.15) is 35.3 Å².